The van der Waals surface area contributed by atoms with Crippen molar-refractivity contribution in [2.45, 2.75) is 4.90 Å². The Hall–Kier alpha value is -0.960. The number of amides is 1. The van der Waals surface area contributed by atoms with Gasteiger partial charge in [0.25, 0.3) is 0 Å². The molecule has 0 bridgehead atoms. The largest absolute Gasteiger partial charge is 0.369 e. The third-order valence-electron chi connectivity index (χ3n) is 3.17. The molecule has 20 heavy (non-hydrogen) atoms. The third-order valence-corrected chi connectivity index (χ3v) is 6.08. The fourth-order valence-corrected chi connectivity index (χ4v) is 4.53. The van der Waals surface area contributed by atoms with Crippen LogP contribution >= 0.6 is 15.9 Å². The highest BCUT2D eigenvalue weighted by molar-refractivity contribution is 9.10. The normalized spacial score (nSPS) is 18.1. The van der Waals surface area contributed by atoms with E-state index >= 15 is 0 Å². The number of benzene rings is 1. The first-order chi connectivity index (χ1) is 9.41. The maximum atomic E-state index is 12.5. The van der Waals surface area contributed by atoms with Gasteiger partial charge in [0.15, 0.2) is 0 Å². The Balaban J connectivity index is 2.10. The molecule has 0 unspecified atom stereocenters. The standard InChI is InChI=1S/C12H16BrN3O3S/c13-10-3-1-2-4-11(10)20(18,19)16-7-5-15(6-8-16)9-12(14)17/h1-4H,5-9H2,(H2,14,17). The van der Waals surface area contributed by atoms with Gasteiger partial charge in [-0.1, -0.05) is 12.1 Å². The van der Waals surface area contributed by atoms with Gasteiger partial charge in [0.05, 0.1) is 11.4 Å². The highest BCUT2D eigenvalue weighted by Gasteiger charge is 2.29. The molecule has 0 radical (unpaired) electrons. The lowest BCUT2D eigenvalue weighted by molar-refractivity contribution is -0.119. The number of nitrogens with two attached hydrogens (primary N) is 1. The van der Waals surface area contributed by atoms with Crippen LogP contribution in [-0.2, 0) is 14.8 Å². The predicted octanol–water partition coefficient (Wildman–Crippen LogP) is 0.241. The molecule has 1 fully saturated rings. The van der Waals surface area contributed by atoms with Crippen molar-refractivity contribution in [3.63, 3.8) is 0 Å². The molecule has 1 saturated heterocycles. The van der Waals surface area contributed by atoms with Crippen LogP contribution in [0.5, 0.6) is 0 Å². The van der Waals surface area contributed by atoms with Crippen molar-refractivity contribution in [3.05, 3.63) is 28.7 Å². The molecule has 1 aromatic rings. The molecule has 8 heteroatoms. The number of piperazine rings is 1. The molecule has 1 aromatic carbocycles. The first-order valence-electron chi connectivity index (χ1n) is 6.16. The smallest absolute Gasteiger partial charge is 0.244 e. The van der Waals surface area contributed by atoms with E-state index in [0.29, 0.717) is 30.7 Å². The summed E-state index contributed by atoms with van der Waals surface area (Å²) in [6.07, 6.45) is 0. The number of hydrogen-bond donors (Lipinski definition) is 1. The lowest BCUT2D eigenvalue weighted by Gasteiger charge is -2.33. The van der Waals surface area contributed by atoms with Gasteiger partial charge in [0.1, 0.15) is 0 Å². The number of rotatable bonds is 4. The number of halogens is 1. The first-order valence-corrected chi connectivity index (χ1v) is 8.40. The zero-order chi connectivity index (χ0) is 14.8. The number of carbonyl (C=O) groups is 1. The van der Waals surface area contributed by atoms with E-state index in [1.54, 1.807) is 24.3 Å². The predicted molar refractivity (Wildman–Crippen MR) is 78.5 cm³/mol. The molecule has 0 aromatic heterocycles. The molecular weight excluding hydrogens is 346 g/mol. The Morgan fingerprint density at radius 3 is 2.35 bits per heavy atom. The summed E-state index contributed by atoms with van der Waals surface area (Å²) in [6.45, 7) is 1.90. The quantitative estimate of drug-likeness (QED) is 0.832. The molecule has 1 aliphatic heterocycles. The maximum Gasteiger partial charge on any atom is 0.244 e. The van der Waals surface area contributed by atoms with Gasteiger partial charge in [0, 0.05) is 30.7 Å². The summed E-state index contributed by atoms with van der Waals surface area (Å²) in [5, 5.41) is 0. The van der Waals surface area contributed by atoms with Gasteiger partial charge < -0.3 is 5.73 Å². The molecule has 1 heterocycles. The van der Waals surface area contributed by atoms with Crippen LogP contribution in [0.4, 0.5) is 0 Å². The molecular formula is C12H16BrN3O3S. The molecule has 0 saturated carbocycles. The van der Waals surface area contributed by atoms with Gasteiger partial charge in [0.2, 0.25) is 15.9 Å². The van der Waals surface area contributed by atoms with Gasteiger partial charge in [-0.15, -0.1) is 0 Å². The van der Waals surface area contributed by atoms with Crippen molar-refractivity contribution in [1.29, 1.82) is 0 Å². The van der Waals surface area contributed by atoms with E-state index in [1.807, 2.05) is 4.90 Å². The van der Waals surface area contributed by atoms with Crippen LogP contribution in [0, 0.1) is 0 Å². The van der Waals surface area contributed by atoms with Crippen molar-refractivity contribution in [2.75, 3.05) is 32.7 Å². The van der Waals surface area contributed by atoms with Crippen LogP contribution in [0.1, 0.15) is 0 Å². The number of carbonyl (C=O) groups excluding carboxylic acids is 1. The van der Waals surface area contributed by atoms with Crippen LogP contribution in [0.2, 0.25) is 0 Å². The summed E-state index contributed by atoms with van der Waals surface area (Å²) in [5.74, 6) is -0.396. The average Bonchev–Trinajstić information content (AvgIpc) is 2.39. The first kappa shape index (κ1) is 15.4. The molecule has 0 spiro atoms. The van der Waals surface area contributed by atoms with Gasteiger partial charge >= 0.3 is 0 Å². The maximum absolute atomic E-state index is 12.5. The van der Waals surface area contributed by atoms with Crippen LogP contribution in [-0.4, -0.2) is 56.3 Å². The minimum Gasteiger partial charge on any atom is -0.369 e. The minimum absolute atomic E-state index is 0.170. The fourth-order valence-electron chi connectivity index (χ4n) is 2.14. The van der Waals surface area contributed by atoms with Gasteiger partial charge in [-0.2, -0.15) is 4.31 Å². The second kappa shape index (κ2) is 6.21. The number of nitrogens with zero attached hydrogens (tertiary/aromatic N) is 2. The van der Waals surface area contributed by atoms with E-state index in [9.17, 15) is 13.2 Å². The highest BCUT2D eigenvalue weighted by atomic mass is 79.9. The monoisotopic (exact) mass is 361 g/mol. The van der Waals surface area contributed by atoms with Crippen LogP contribution in [0.15, 0.2) is 33.6 Å². The van der Waals surface area contributed by atoms with Crippen molar-refractivity contribution >= 4 is 31.9 Å². The van der Waals surface area contributed by atoms with E-state index in [2.05, 4.69) is 15.9 Å². The van der Waals surface area contributed by atoms with Crippen LogP contribution in [0.3, 0.4) is 0 Å². The topological polar surface area (TPSA) is 83.7 Å². The summed E-state index contributed by atoms with van der Waals surface area (Å²) in [6, 6.07) is 6.75. The van der Waals surface area contributed by atoms with E-state index in [4.69, 9.17) is 5.73 Å². The molecule has 0 aliphatic carbocycles. The number of primary amides is 1. The lowest BCUT2D eigenvalue weighted by atomic mass is 10.3. The van der Waals surface area contributed by atoms with Gasteiger partial charge in [-0.3, -0.25) is 9.69 Å². The molecule has 2 N–H and O–H groups in total. The SMILES string of the molecule is NC(=O)CN1CCN(S(=O)(=O)c2ccccc2Br)CC1. The highest BCUT2D eigenvalue weighted by Crippen LogP contribution is 2.25. The zero-order valence-corrected chi connectivity index (χ0v) is 13.2. The van der Waals surface area contributed by atoms with E-state index in [-0.39, 0.29) is 11.4 Å². The second-order valence-electron chi connectivity index (χ2n) is 4.58. The van der Waals surface area contributed by atoms with Crippen molar-refractivity contribution in [2.24, 2.45) is 5.73 Å². The minimum atomic E-state index is -3.50. The Morgan fingerprint density at radius 2 is 1.80 bits per heavy atom. The van der Waals surface area contributed by atoms with E-state index in [0.717, 1.165) is 0 Å². The number of hydrogen-bond acceptors (Lipinski definition) is 4. The third kappa shape index (κ3) is 3.38. The Kier molecular flexibility index (Phi) is 4.79. The molecule has 110 valence electrons. The summed E-state index contributed by atoms with van der Waals surface area (Å²) in [5.41, 5.74) is 5.14. The van der Waals surface area contributed by atoms with Crippen LogP contribution in [0.25, 0.3) is 0 Å². The molecule has 0 atom stereocenters. The van der Waals surface area contributed by atoms with E-state index in [1.165, 1.54) is 4.31 Å². The summed E-state index contributed by atoms with van der Waals surface area (Å²) in [4.78, 5) is 13.0. The van der Waals surface area contributed by atoms with Gasteiger partial charge in [-0.05, 0) is 28.1 Å². The molecule has 1 aliphatic rings. The van der Waals surface area contributed by atoms with Gasteiger partial charge in [-0.25, -0.2) is 8.42 Å². The summed E-state index contributed by atoms with van der Waals surface area (Å²) < 4.78 is 27.0. The van der Waals surface area contributed by atoms with Crippen molar-refractivity contribution < 1.29 is 13.2 Å². The Labute approximate surface area is 126 Å². The Bertz CT molecular complexity index is 598. The second-order valence-corrected chi connectivity index (χ2v) is 7.34. The van der Waals surface area contributed by atoms with Crippen molar-refractivity contribution in [1.82, 2.24) is 9.21 Å². The Morgan fingerprint density at radius 1 is 1.20 bits per heavy atom. The molecule has 1 amide bonds. The number of sulfonamides is 1. The average molecular weight is 362 g/mol. The van der Waals surface area contributed by atoms with E-state index < -0.39 is 15.9 Å². The fraction of sp³-hybridized carbons (Fsp3) is 0.417. The zero-order valence-electron chi connectivity index (χ0n) is 10.8. The molecule has 6 nitrogen and oxygen atoms in total. The van der Waals surface area contributed by atoms with Crippen LogP contribution < -0.4 is 5.73 Å². The lowest BCUT2D eigenvalue weighted by Crippen LogP contribution is -2.50. The molecule has 2 rings (SSSR count). The summed E-state index contributed by atoms with van der Waals surface area (Å²) in [7, 11) is -3.50. The summed E-state index contributed by atoms with van der Waals surface area (Å²) >= 11 is 3.27. The van der Waals surface area contributed by atoms with Crippen molar-refractivity contribution in [3.8, 4) is 0 Å².